The van der Waals surface area contributed by atoms with Gasteiger partial charge >= 0.3 is 6.18 Å². The summed E-state index contributed by atoms with van der Waals surface area (Å²) in [7, 11) is 1.73. The van der Waals surface area contributed by atoms with Crippen LogP contribution in [0, 0.1) is 17.2 Å². The van der Waals surface area contributed by atoms with Gasteiger partial charge in [-0.1, -0.05) is 0 Å². The zero-order chi connectivity index (χ0) is 14.5. The van der Waals surface area contributed by atoms with E-state index in [0.29, 0.717) is 0 Å². The van der Waals surface area contributed by atoms with Crippen molar-refractivity contribution < 1.29 is 13.2 Å². The Kier molecular flexibility index (Phi) is 5.66. The lowest BCUT2D eigenvalue weighted by molar-refractivity contribution is -0.135. The molecule has 1 rings (SSSR count). The first-order chi connectivity index (χ1) is 8.80. The summed E-state index contributed by atoms with van der Waals surface area (Å²) < 4.78 is 36.4. The zero-order valence-electron chi connectivity index (χ0n) is 10.9. The Balaban J connectivity index is 2.54. The van der Waals surface area contributed by atoms with Gasteiger partial charge < -0.3 is 0 Å². The molecule has 6 heteroatoms. The van der Waals surface area contributed by atoms with Gasteiger partial charge in [0.05, 0.1) is 6.07 Å². The lowest BCUT2D eigenvalue weighted by atomic mass is 9.77. The van der Waals surface area contributed by atoms with Gasteiger partial charge in [-0.25, -0.2) is 0 Å². The molecule has 0 radical (unpaired) electrons. The maximum Gasteiger partial charge on any atom is 0.389 e. The highest BCUT2D eigenvalue weighted by Gasteiger charge is 2.39. The molecule has 0 bridgehead atoms. The summed E-state index contributed by atoms with van der Waals surface area (Å²) in [6, 6.07) is 2.03. The van der Waals surface area contributed by atoms with Crippen molar-refractivity contribution in [2.24, 2.45) is 10.9 Å². The maximum absolute atomic E-state index is 12.1. The van der Waals surface area contributed by atoms with Crippen molar-refractivity contribution in [1.82, 2.24) is 0 Å². The first-order valence-electron chi connectivity index (χ1n) is 6.42. The van der Waals surface area contributed by atoms with Crippen molar-refractivity contribution in [3.8, 4) is 6.07 Å². The van der Waals surface area contributed by atoms with Crippen LogP contribution in [0.5, 0.6) is 0 Å². The smallest absolute Gasteiger partial charge is 0.297 e. The molecule has 0 heterocycles. The van der Waals surface area contributed by atoms with E-state index in [9.17, 15) is 18.4 Å². The lowest BCUT2D eigenvalue weighted by Gasteiger charge is -2.33. The van der Waals surface area contributed by atoms with E-state index in [2.05, 4.69) is 4.99 Å². The van der Waals surface area contributed by atoms with E-state index in [-0.39, 0.29) is 18.8 Å². The third-order valence-electron chi connectivity index (χ3n) is 3.71. The molecule has 0 aromatic heterocycles. The molecule has 0 aromatic carbocycles. The summed E-state index contributed by atoms with van der Waals surface area (Å²) >= 11 is 6.25. The summed E-state index contributed by atoms with van der Waals surface area (Å²) in [5, 5.41) is 9.20. The van der Waals surface area contributed by atoms with E-state index >= 15 is 0 Å². The molecule has 1 aliphatic rings. The molecule has 0 amide bonds. The number of alkyl halides is 4. The fourth-order valence-corrected chi connectivity index (χ4v) is 2.88. The van der Waals surface area contributed by atoms with Crippen molar-refractivity contribution in [2.75, 3.05) is 7.05 Å². The van der Waals surface area contributed by atoms with Crippen molar-refractivity contribution in [1.29, 1.82) is 5.26 Å². The number of nitrogens with zero attached hydrogens (tertiary/aromatic N) is 2. The van der Waals surface area contributed by atoms with Crippen LogP contribution in [0.2, 0.25) is 0 Å². The number of hydrogen-bond acceptors (Lipinski definition) is 2. The van der Waals surface area contributed by atoms with Gasteiger partial charge in [-0.05, 0) is 44.4 Å². The normalized spacial score (nSPS) is 23.6. The average Bonchev–Trinajstić information content (AvgIpc) is 2.37. The van der Waals surface area contributed by atoms with Gasteiger partial charge in [-0.2, -0.15) is 18.4 Å². The standard InChI is InChI=1S/C13H18ClF3N2/c1-19-11-5-3-10(4-6-11)12(14,9-18)7-2-8-13(15,16)17/h10H,2-8H2,1H3. The number of rotatable bonds is 4. The number of hydrogen-bond donors (Lipinski definition) is 0. The fraction of sp³-hybridized carbons (Fsp3) is 0.846. The van der Waals surface area contributed by atoms with Crippen LogP contribution in [-0.2, 0) is 0 Å². The van der Waals surface area contributed by atoms with Crippen LogP contribution in [0.15, 0.2) is 4.99 Å². The van der Waals surface area contributed by atoms with E-state index < -0.39 is 17.5 Å². The molecular formula is C13H18ClF3N2. The molecule has 0 aliphatic heterocycles. The molecule has 0 N–H and O–H groups in total. The van der Waals surface area contributed by atoms with Crippen molar-refractivity contribution >= 4 is 17.3 Å². The molecule has 19 heavy (non-hydrogen) atoms. The maximum atomic E-state index is 12.1. The van der Waals surface area contributed by atoms with E-state index in [1.54, 1.807) is 7.05 Å². The second-order valence-electron chi connectivity index (χ2n) is 5.01. The Morgan fingerprint density at radius 3 is 2.32 bits per heavy atom. The van der Waals surface area contributed by atoms with Crippen LogP contribution >= 0.6 is 11.6 Å². The van der Waals surface area contributed by atoms with E-state index in [1.807, 2.05) is 6.07 Å². The topological polar surface area (TPSA) is 36.1 Å². The zero-order valence-corrected chi connectivity index (χ0v) is 11.7. The van der Waals surface area contributed by atoms with Crippen molar-refractivity contribution in [3.05, 3.63) is 0 Å². The van der Waals surface area contributed by atoms with Crippen LogP contribution in [0.25, 0.3) is 0 Å². The number of nitriles is 1. The summed E-state index contributed by atoms with van der Waals surface area (Å²) in [6.07, 6.45) is -2.02. The first-order valence-corrected chi connectivity index (χ1v) is 6.80. The van der Waals surface area contributed by atoms with Crippen molar-refractivity contribution in [3.63, 3.8) is 0 Å². The van der Waals surface area contributed by atoms with Gasteiger partial charge in [0, 0.05) is 19.2 Å². The molecule has 1 aliphatic carbocycles. The second-order valence-corrected chi connectivity index (χ2v) is 5.68. The molecule has 1 unspecified atom stereocenters. The third kappa shape index (κ3) is 5.02. The van der Waals surface area contributed by atoms with Crippen LogP contribution < -0.4 is 0 Å². The highest BCUT2D eigenvalue weighted by molar-refractivity contribution is 6.26. The van der Waals surface area contributed by atoms with Gasteiger partial charge in [0.25, 0.3) is 0 Å². The van der Waals surface area contributed by atoms with E-state index in [0.717, 1.165) is 31.4 Å². The summed E-state index contributed by atoms with van der Waals surface area (Å²) in [6.45, 7) is 0. The average molecular weight is 295 g/mol. The Hall–Kier alpha value is -0.760. The second kappa shape index (κ2) is 6.60. The molecule has 0 aromatic rings. The number of aliphatic imine (C=N–C) groups is 1. The van der Waals surface area contributed by atoms with Gasteiger partial charge in [0.15, 0.2) is 0 Å². The Morgan fingerprint density at radius 2 is 1.89 bits per heavy atom. The largest absolute Gasteiger partial charge is 0.389 e. The molecule has 1 saturated carbocycles. The molecule has 0 saturated heterocycles. The molecule has 1 atom stereocenters. The van der Waals surface area contributed by atoms with Crippen LogP contribution in [0.4, 0.5) is 13.2 Å². The lowest BCUT2D eigenvalue weighted by Crippen LogP contribution is -2.34. The molecule has 2 nitrogen and oxygen atoms in total. The predicted molar refractivity (Wildman–Crippen MR) is 69.4 cm³/mol. The Morgan fingerprint density at radius 1 is 1.32 bits per heavy atom. The molecule has 0 spiro atoms. The summed E-state index contributed by atoms with van der Waals surface area (Å²) in [4.78, 5) is 2.96. The minimum absolute atomic E-state index is 0.0436. The summed E-state index contributed by atoms with van der Waals surface area (Å²) in [5.74, 6) is -0.0436. The quantitative estimate of drug-likeness (QED) is 0.704. The first kappa shape index (κ1) is 16.3. The minimum atomic E-state index is -4.18. The van der Waals surface area contributed by atoms with Gasteiger partial charge in [-0.3, -0.25) is 4.99 Å². The predicted octanol–water partition coefficient (Wildman–Crippen LogP) is 4.48. The van der Waals surface area contributed by atoms with E-state index in [4.69, 9.17) is 11.6 Å². The van der Waals surface area contributed by atoms with Gasteiger partial charge in [0.1, 0.15) is 4.87 Å². The fourth-order valence-electron chi connectivity index (χ4n) is 2.53. The Labute approximate surface area is 116 Å². The molecule has 108 valence electrons. The van der Waals surface area contributed by atoms with Crippen molar-refractivity contribution in [2.45, 2.75) is 56.0 Å². The van der Waals surface area contributed by atoms with E-state index in [1.165, 1.54) is 0 Å². The SMILES string of the molecule is CN=C1CCC(C(Cl)(C#N)CCCC(F)(F)F)CC1. The Bertz CT molecular complexity index is 363. The molecule has 1 fully saturated rings. The molecular weight excluding hydrogens is 277 g/mol. The van der Waals surface area contributed by atoms with Crippen LogP contribution in [0.3, 0.4) is 0 Å². The third-order valence-corrected chi connectivity index (χ3v) is 4.29. The van der Waals surface area contributed by atoms with Gasteiger partial charge in [0.2, 0.25) is 0 Å². The minimum Gasteiger partial charge on any atom is -0.297 e. The summed E-state index contributed by atoms with van der Waals surface area (Å²) in [5.41, 5.74) is 1.10. The van der Waals surface area contributed by atoms with Gasteiger partial charge in [-0.15, -0.1) is 11.6 Å². The highest BCUT2D eigenvalue weighted by atomic mass is 35.5. The highest BCUT2D eigenvalue weighted by Crippen LogP contribution is 2.40. The van der Waals surface area contributed by atoms with Crippen LogP contribution in [0.1, 0.15) is 44.9 Å². The monoisotopic (exact) mass is 294 g/mol. The number of halogens is 4. The van der Waals surface area contributed by atoms with Crippen LogP contribution in [-0.4, -0.2) is 23.8 Å².